The van der Waals surface area contributed by atoms with Crippen LogP contribution in [0.25, 0.3) is 0 Å². The normalized spacial score (nSPS) is 13.1. The molecule has 1 atom stereocenters. The third kappa shape index (κ3) is 1.50. The maximum atomic E-state index is 10.7. The Hall–Kier alpha value is -0.890. The number of rotatable bonds is 1. The summed E-state index contributed by atoms with van der Waals surface area (Å²) in [5.41, 5.74) is 0.796. The Morgan fingerprint density at radius 1 is 1.44 bits per heavy atom. The van der Waals surface area contributed by atoms with E-state index in [1.54, 1.807) is 31.5 Å². The molecule has 1 aromatic rings. The second kappa shape index (κ2) is 2.60. The van der Waals surface area contributed by atoms with Crippen molar-refractivity contribution < 1.29 is 5.11 Å². The van der Waals surface area contributed by atoms with Crippen molar-refractivity contribution in [3.05, 3.63) is 30.1 Å². The van der Waals surface area contributed by atoms with Gasteiger partial charge in [-0.15, -0.1) is 0 Å². The zero-order valence-electron chi connectivity index (χ0n) is 5.24. The predicted octanol–water partition coefficient (Wildman–Crippen LogP) is 1.57. The molecule has 1 aromatic heterocycles. The van der Waals surface area contributed by atoms with Gasteiger partial charge < -0.3 is 0 Å². The zero-order chi connectivity index (χ0) is 6.69. The first-order chi connectivity index (χ1) is 4.30. The van der Waals surface area contributed by atoms with E-state index in [9.17, 15) is 5.11 Å². The molecule has 0 saturated heterocycles. The van der Waals surface area contributed by atoms with Crippen molar-refractivity contribution in [2.45, 2.75) is 13.0 Å². The minimum absolute atomic E-state index is 0.631. The van der Waals surface area contributed by atoms with Crippen LogP contribution in [0.2, 0.25) is 0 Å². The third-order valence-electron chi connectivity index (χ3n) is 1.18. The largest absolute Gasteiger partial charge is 0.265 e. The summed E-state index contributed by atoms with van der Waals surface area (Å²) < 4.78 is 0. The van der Waals surface area contributed by atoms with Crippen LogP contribution >= 0.6 is 0 Å². The van der Waals surface area contributed by atoms with Crippen molar-refractivity contribution in [2.24, 2.45) is 0 Å². The first kappa shape index (κ1) is 6.23. The fourth-order valence-corrected chi connectivity index (χ4v) is 0.634. The maximum absolute atomic E-state index is 10.7. The Morgan fingerprint density at radius 3 is 2.33 bits per heavy atom. The molecule has 2 nitrogen and oxygen atoms in total. The Bertz CT molecular complexity index is 172. The molecule has 9 heavy (non-hydrogen) atoms. The Balaban J connectivity index is 2.85. The fraction of sp³-hybridized carbons (Fsp3) is 0.286. The Labute approximate surface area is 54.2 Å². The van der Waals surface area contributed by atoms with Crippen LogP contribution in [-0.2, 0) is 5.11 Å². The number of aromatic nitrogens is 1. The van der Waals surface area contributed by atoms with Crippen molar-refractivity contribution in [2.75, 3.05) is 0 Å². The van der Waals surface area contributed by atoms with Crippen molar-refractivity contribution >= 4 is 0 Å². The highest BCUT2D eigenvalue weighted by atomic mass is 16.3. The molecule has 0 aromatic carbocycles. The molecule has 0 amide bonds. The van der Waals surface area contributed by atoms with Gasteiger partial charge in [-0.05, 0) is 24.6 Å². The SMILES string of the molecule is CC([O])c1ccncc1. The smallest absolute Gasteiger partial charge is 0.115 e. The third-order valence-corrected chi connectivity index (χ3v) is 1.18. The molecule has 1 radical (unpaired) electrons. The first-order valence-electron chi connectivity index (χ1n) is 2.86. The van der Waals surface area contributed by atoms with Crippen molar-refractivity contribution in [1.29, 1.82) is 0 Å². The Morgan fingerprint density at radius 2 is 2.00 bits per heavy atom. The molecule has 0 aliphatic heterocycles. The average molecular weight is 122 g/mol. The summed E-state index contributed by atoms with van der Waals surface area (Å²) in [4.78, 5) is 3.79. The van der Waals surface area contributed by atoms with E-state index in [1.807, 2.05) is 0 Å². The summed E-state index contributed by atoms with van der Waals surface area (Å²) in [7, 11) is 0. The van der Waals surface area contributed by atoms with Gasteiger partial charge in [0.2, 0.25) is 0 Å². The van der Waals surface area contributed by atoms with Gasteiger partial charge in [-0.1, -0.05) is 0 Å². The van der Waals surface area contributed by atoms with Gasteiger partial charge in [0.05, 0.1) is 0 Å². The van der Waals surface area contributed by atoms with Gasteiger partial charge in [-0.2, -0.15) is 0 Å². The van der Waals surface area contributed by atoms with Crippen molar-refractivity contribution in [3.8, 4) is 0 Å². The highest BCUT2D eigenvalue weighted by molar-refractivity contribution is 5.11. The summed E-state index contributed by atoms with van der Waals surface area (Å²) >= 11 is 0. The first-order valence-corrected chi connectivity index (χ1v) is 2.86. The van der Waals surface area contributed by atoms with Crippen LogP contribution in [0.3, 0.4) is 0 Å². The van der Waals surface area contributed by atoms with E-state index >= 15 is 0 Å². The molecular formula is C7H8NO. The van der Waals surface area contributed by atoms with E-state index in [1.165, 1.54) is 0 Å². The topological polar surface area (TPSA) is 32.8 Å². The lowest BCUT2D eigenvalue weighted by atomic mass is 10.2. The molecular weight excluding hydrogens is 114 g/mol. The molecule has 1 unspecified atom stereocenters. The van der Waals surface area contributed by atoms with E-state index in [0.717, 1.165) is 5.56 Å². The maximum Gasteiger partial charge on any atom is 0.115 e. The van der Waals surface area contributed by atoms with Gasteiger partial charge >= 0.3 is 0 Å². The average Bonchev–Trinajstić information content (AvgIpc) is 1.90. The molecule has 0 fully saturated rings. The molecule has 2 heteroatoms. The molecule has 0 bridgehead atoms. The molecule has 0 spiro atoms. The van der Waals surface area contributed by atoms with Crippen LogP contribution in [-0.4, -0.2) is 4.98 Å². The van der Waals surface area contributed by atoms with Crippen LogP contribution in [0.1, 0.15) is 18.6 Å². The molecule has 0 N–H and O–H groups in total. The van der Waals surface area contributed by atoms with Gasteiger partial charge in [0.1, 0.15) is 6.10 Å². The van der Waals surface area contributed by atoms with Crippen LogP contribution in [0.5, 0.6) is 0 Å². The van der Waals surface area contributed by atoms with Crippen molar-refractivity contribution in [1.82, 2.24) is 4.98 Å². The monoisotopic (exact) mass is 122 g/mol. The standard InChI is InChI=1S/C7H8NO/c1-6(9)7-2-4-8-5-3-7/h2-6H,1H3. The van der Waals surface area contributed by atoms with Gasteiger partial charge in [0.15, 0.2) is 0 Å². The molecule has 47 valence electrons. The minimum atomic E-state index is -0.631. The molecule has 0 aliphatic rings. The molecule has 1 rings (SSSR count). The lowest BCUT2D eigenvalue weighted by Gasteiger charge is -1.97. The van der Waals surface area contributed by atoms with Gasteiger partial charge in [0, 0.05) is 12.4 Å². The minimum Gasteiger partial charge on any atom is -0.265 e. The zero-order valence-corrected chi connectivity index (χ0v) is 5.24. The van der Waals surface area contributed by atoms with Crippen molar-refractivity contribution in [3.63, 3.8) is 0 Å². The predicted molar refractivity (Wildman–Crippen MR) is 33.3 cm³/mol. The van der Waals surface area contributed by atoms with Gasteiger partial charge in [0.25, 0.3) is 0 Å². The van der Waals surface area contributed by atoms with Gasteiger partial charge in [-0.25, -0.2) is 5.11 Å². The summed E-state index contributed by atoms with van der Waals surface area (Å²) in [6.07, 6.45) is 2.63. The fourth-order valence-electron chi connectivity index (χ4n) is 0.634. The summed E-state index contributed by atoms with van der Waals surface area (Å²) in [6.45, 7) is 1.62. The second-order valence-electron chi connectivity index (χ2n) is 1.92. The van der Waals surface area contributed by atoms with E-state index in [0.29, 0.717) is 0 Å². The number of hydrogen-bond acceptors (Lipinski definition) is 1. The van der Waals surface area contributed by atoms with E-state index in [4.69, 9.17) is 0 Å². The van der Waals surface area contributed by atoms with Crippen LogP contribution in [0.15, 0.2) is 24.5 Å². The van der Waals surface area contributed by atoms with Gasteiger partial charge in [-0.3, -0.25) is 4.98 Å². The lowest BCUT2D eigenvalue weighted by molar-refractivity contribution is 0.106. The molecule has 0 saturated carbocycles. The second-order valence-corrected chi connectivity index (χ2v) is 1.92. The summed E-state index contributed by atoms with van der Waals surface area (Å²) in [5, 5.41) is 10.7. The van der Waals surface area contributed by atoms with Crippen LogP contribution in [0, 0.1) is 0 Å². The summed E-state index contributed by atoms with van der Waals surface area (Å²) in [6, 6.07) is 3.47. The van der Waals surface area contributed by atoms with Crippen LogP contribution in [0.4, 0.5) is 0 Å². The number of hydrogen-bond donors (Lipinski definition) is 0. The lowest BCUT2D eigenvalue weighted by Crippen LogP contribution is -1.87. The van der Waals surface area contributed by atoms with Crippen LogP contribution < -0.4 is 0 Å². The molecule has 1 heterocycles. The van der Waals surface area contributed by atoms with E-state index < -0.39 is 6.10 Å². The number of nitrogens with zero attached hydrogens (tertiary/aromatic N) is 1. The summed E-state index contributed by atoms with van der Waals surface area (Å²) in [5.74, 6) is 0. The highest BCUT2D eigenvalue weighted by Crippen LogP contribution is 2.08. The quantitative estimate of drug-likeness (QED) is 0.556. The Kier molecular flexibility index (Phi) is 1.80. The van der Waals surface area contributed by atoms with E-state index in [-0.39, 0.29) is 0 Å². The van der Waals surface area contributed by atoms with E-state index in [2.05, 4.69) is 4.98 Å². The molecule has 0 aliphatic carbocycles. The number of pyridine rings is 1. The highest BCUT2D eigenvalue weighted by Gasteiger charge is 1.98.